The molecule has 27 heavy (non-hydrogen) atoms. The van der Waals surface area contributed by atoms with Crippen LogP contribution in [-0.2, 0) is 4.79 Å². The molecule has 0 atom stereocenters. The average Bonchev–Trinajstić information content (AvgIpc) is 3.10. The van der Waals surface area contributed by atoms with E-state index < -0.39 is 4.92 Å². The van der Waals surface area contributed by atoms with Crippen molar-refractivity contribution in [3.8, 4) is 5.69 Å². The Morgan fingerprint density at radius 2 is 2.11 bits per heavy atom. The molecule has 1 N–H and O–H groups in total. The molecule has 0 saturated heterocycles. The van der Waals surface area contributed by atoms with Crippen molar-refractivity contribution >= 4 is 40.6 Å². The fraction of sp³-hybridized carbons (Fsp3) is 0.118. The monoisotopic (exact) mass is 403 g/mol. The summed E-state index contributed by atoms with van der Waals surface area (Å²) in [4.78, 5) is 22.5. The van der Waals surface area contributed by atoms with Crippen LogP contribution >= 0.6 is 23.4 Å². The number of rotatable bonds is 6. The number of amides is 1. The number of nitro benzene ring substituents is 1. The Balaban J connectivity index is 1.68. The van der Waals surface area contributed by atoms with E-state index in [1.807, 2.05) is 31.2 Å². The van der Waals surface area contributed by atoms with E-state index in [9.17, 15) is 14.9 Å². The van der Waals surface area contributed by atoms with Gasteiger partial charge in [0.15, 0.2) is 5.16 Å². The Morgan fingerprint density at radius 3 is 2.85 bits per heavy atom. The van der Waals surface area contributed by atoms with E-state index in [0.717, 1.165) is 11.3 Å². The smallest absolute Gasteiger partial charge is 0.289 e. The molecule has 2 aromatic carbocycles. The molecule has 1 aromatic heterocycles. The van der Waals surface area contributed by atoms with Crippen LogP contribution < -0.4 is 5.32 Å². The van der Waals surface area contributed by atoms with Gasteiger partial charge in [-0.25, -0.2) is 0 Å². The molecular formula is C17H14ClN5O3S. The number of anilines is 1. The van der Waals surface area contributed by atoms with Crippen molar-refractivity contribution in [2.45, 2.75) is 12.1 Å². The van der Waals surface area contributed by atoms with Gasteiger partial charge in [-0.05, 0) is 30.7 Å². The molecular weight excluding hydrogens is 390 g/mol. The van der Waals surface area contributed by atoms with Crippen molar-refractivity contribution in [2.75, 3.05) is 11.1 Å². The third kappa shape index (κ3) is 4.44. The van der Waals surface area contributed by atoms with Gasteiger partial charge in [0.2, 0.25) is 5.91 Å². The highest BCUT2D eigenvalue weighted by atomic mass is 35.5. The zero-order valence-corrected chi connectivity index (χ0v) is 15.7. The molecule has 3 aromatic rings. The van der Waals surface area contributed by atoms with Crippen molar-refractivity contribution in [1.29, 1.82) is 0 Å². The van der Waals surface area contributed by atoms with Crippen LogP contribution in [0.2, 0.25) is 5.02 Å². The maximum atomic E-state index is 12.2. The number of hydrogen-bond acceptors (Lipinski definition) is 6. The van der Waals surface area contributed by atoms with Crippen molar-refractivity contribution in [2.24, 2.45) is 0 Å². The van der Waals surface area contributed by atoms with Crippen molar-refractivity contribution < 1.29 is 9.72 Å². The fourth-order valence-electron chi connectivity index (χ4n) is 2.38. The molecule has 8 nitrogen and oxygen atoms in total. The number of nitro groups is 1. The first-order chi connectivity index (χ1) is 13.0. The highest BCUT2D eigenvalue weighted by Crippen LogP contribution is 2.28. The summed E-state index contributed by atoms with van der Waals surface area (Å²) in [5, 5.41) is 22.1. The first-order valence-corrected chi connectivity index (χ1v) is 9.14. The molecule has 0 spiro atoms. The van der Waals surface area contributed by atoms with Gasteiger partial charge in [-0.2, -0.15) is 0 Å². The molecule has 0 bridgehead atoms. The van der Waals surface area contributed by atoms with Gasteiger partial charge in [0.25, 0.3) is 5.69 Å². The summed E-state index contributed by atoms with van der Waals surface area (Å²) in [7, 11) is 0. The lowest BCUT2D eigenvalue weighted by Crippen LogP contribution is -2.14. The Morgan fingerprint density at radius 1 is 1.33 bits per heavy atom. The average molecular weight is 404 g/mol. The van der Waals surface area contributed by atoms with Crippen molar-refractivity contribution in [3.05, 3.63) is 69.5 Å². The Kier molecular flexibility index (Phi) is 5.72. The number of carbonyl (C=O) groups excluding carboxylic acids is 1. The molecule has 0 radical (unpaired) electrons. The molecule has 1 heterocycles. The minimum Gasteiger partial charge on any atom is -0.325 e. The van der Waals surface area contributed by atoms with Gasteiger partial charge >= 0.3 is 0 Å². The predicted octanol–water partition coefficient (Wildman–Crippen LogP) is 3.87. The molecule has 0 aliphatic heterocycles. The van der Waals surface area contributed by atoms with E-state index in [0.29, 0.717) is 10.8 Å². The van der Waals surface area contributed by atoms with Gasteiger partial charge in [0, 0.05) is 11.8 Å². The first-order valence-electron chi connectivity index (χ1n) is 7.78. The van der Waals surface area contributed by atoms with Gasteiger partial charge in [0.05, 0.1) is 16.4 Å². The SMILES string of the molecule is Cc1ccccc1-n1cnnc1SCC(=O)Nc1ccc(Cl)c([N+](=O)[O-])c1. The summed E-state index contributed by atoms with van der Waals surface area (Å²) in [5.74, 6) is -0.253. The summed E-state index contributed by atoms with van der Waals surface area (Å²) in [6.45, 7) is 1.98. The summed E-state index contributed by atoms with van der Waals surface area (Å²) in [5.41, 5.74) is 2.02. The van der Waals surface area contributed by atoms with Crippen LogP contribution in [0.15, 0.2) is 53.9 Å². The second-order valence-corrected chi connectivity index (χ2v) is 6.88. The van der Waals surface area contributed by atoms with Crippen LogP contribution in [0.1, 0.15) is 5.56 Å². The van der Waals surface area contributed by atoms with Crippen LogP contribution in [0.3, 0.4) is 0 Å². The highest BCUT2D eigenvalue weighted by Gasteiger charge is 2.15. The number of aryl methyl sites for hydroxylation is 1. The summed E-state index contributed by atoms with van der Waals surface area (Å²) >= 11 is 6.98. The maximum Gasteiger partial charge on any atom is 0.289 e. The van der Waals surface area contributed by atoms with E-state index >= 15 is 0 Å². The lowest BCUT2D eigenvalue weighted by molar-refractivity contribution is -0.384. The second kappa shape index (κ2) is 8.19. The lowest BCUT2D eigenvalue weighted by atomic mass is 10.2. The zero-order valence-electron chi connectivity index (χ0n) is 14.1. The van der Waals surface area contributed by atoms with Crippen LogP contribution in [0.25, 0.3) is 5.69 Å². The third-order valence-electron chi connectivity index (χ3n) is 3.65. The van der Waals surface area contributed by atoms with E-state index in [4.69, 9.17) is 11.6 Å². The van der Waals surface area contributed by atoms with Gasteiger partial charge in [-0.1, -0.05) is 41.6 Å². The predicted molar refractivity (Wildman–Crippen MR) is 104 cm³/mol. The van der Waals surface area contributed by atoms with Crippen LogP contribution in [0, 0.1) is 17.0 Å². The van der Waals surface area contributed by atoms with E-state index in [1.165, 1.54) is 30.0 Å². The van der Waals surface area contributed by atoms with Crippen LogP contribution in [0.4, 0.5) is 11.4 Å². The molecule has 138 valence electrons. The number of aromatic nitrogens is 3. The summed E-state index contributed by atoms with van der Waals surface area (Å²) in [6.07, 6.45) is 1.59. The number of thioether (sulfide) groups is 1. The van der Waals surface area contributed by atoms with Crippen LogP contribution in [-0.4, -0.2) is 31.3 Å². The molecule has 0 saturated carbocycles. The number of nitrogens with one attached hydrogen (secondary N) is 1. The number of benzene rings is 2. The Labute approximate surface area is 163 Å². The van der Waals surface area contributed by atoms with E-state index in [1.54, 1.807) is 10.9 Å². The normalized spacial score (nSPS) is 10.6. The van der Waals surface area contributed by atoms with E-state index in [2.05, 4.69) is 15.5 Å². The Bertz CT molecular complexity index is 1010. The molecule has 0 aliphatic carbocycles. The number of halogens is 1. The summed E-state index contributed by atoms with van der Waals surface area (Å²) < 4.78 is 1.81. The van der Waals surface area contributed by atoms with Crippen molar-refractivity contribution in [3.63, 3.8) is 0 Å². The standard InChI is InChI=1S/C17H14ClN5O3S/c1-11-4-2-3-5-14(11)22-10-19-21-17(22)27-9-16(24)20-12-6-7-13(18)15(8-12)23(25)26/h2-8,10H,9H2,1H3,(H,20,24). The lowest BCUT2D eigenvalue weighted by Gasteiger charge is -2.09. The van der Waals surface area contributed by atoms with E-state index in [-0.39, 0.29) is 22.4 Å². The molecule has 0 fully saturated rings. The molecule has 3 rings (SSSR count). The Hall–Kier alpha value is -2.91. The van der Waals surface area contributed by atoms with Gasteiger partial charge in [0.1, 0.15) is 11.3 Å². The van der Waals surface area contributed by atoms with Gasteiger partial charge in [-0.15, -0.1) is 10.2 Å². The fourth-order valence-corrected chi connectivity index (χ4v) is 3.29. The highest BCUT2D eigenvalue weighted by molar-refractivity contribution is 7.99. The molecule has 1 amide bonds. The van der Waals surface area contributed by atoms with Gasteiger partial charge < -0.3 is 5.32 Å². The topological polar surface area (TPSA) is 103 Å². The van der Waals surface area contributed by atoms with Gasteiger partial charge in [-0.3, -0.25) is 19.5 Å². The molecule has 10 heteroatoms. The van der Waals surface area contributed by atoms with Crippen molar-refractivity contribution in [1.82, 2.24) is 14.8 Å². The summed E-state index contributed by atoms with van der Waals surface area (Å²) in [6, 6.07) is 11.9. The maximum absolute atomic E-state index is 12.2. The largest absolute Gasteiger partial charge is 0.325 e. The first kappa shape index (κ1) is 18.9. The minimum absolute atomic E-state index is 0.0127. The molecule has 0 aliphatic rings. The molecule has 0 unspecified atom stereocenters. The van der Waals surface area contributed by atoms with Crippen LogP contribution in [0.5, 0.6) is 0 Å². The number of para-hydroxylation sites is 1. The zero-order chi connectivity index (χ0) is 19.4. The second-order valence-electron chi connectivity index (χ2n) is 5.53. The minimum atomic E-state index is -0.600. The number of carbonyl (C=O) groups is 1. The third-order valence-corrected chi connectivity index (χ3v) is 4.91. The number of hydrogen-bond donors (Lipinski definition) is 1. The number of nitrogens with zero attached hydrogens (tertiary/aromatic N) is 4. The quantitative estimate of drug-likeness (QED) is 0.380.